The van der Waals surface area contributed by atoms with Gasteiger partial charge in [-0.3, -0.25) is 14.9 Å². The molecule has 0 aromatic heterocycles. The van der Waals surface area contributed by atoms with E-state index in [-0.39, 0.29) is 5.57 Å². The van der Waals surface area contributed by atoms with Crippen LogP contribution in [0, 0.1) is 13.8 Å². The number of urea groups is 1. The van der Waals surface area contributed by atoms with E-state index in [1.54, 1.807) is 36.4 Å². The maximum Gasteiger partial charge on any atom is 0.335 e. The second-order valence-corrected chi connectivity index (χ2v) is 8.22. The Morgan fingerprint density at radius 1 is 0.833 bits per heavy atom. The summed E-state index contributed by atoms with van der Waals surface area (Å²) in [4.78, 5) is 38.9. The van der Waals surface area contributed by atoms with Crippen LogP contribution in [-0.4, -0.2) is 38.2 Å². The number of ether oxygens (including phenoxy) is 3. The first-order chi connectivity index (χ1) is 17.4. The molecule has 0 radical (unpaired) electrons. The maximum atomic E-state index is 13.1. The van der Waals surface area contributed by atoms with Crippen LogP contribution < -0.4 is 24.4 Å². The molecule has 4 amide bonds. The second-order valence-electron chi connectivity index (χ2n) is 8.22. The number of rotatable bonds is 8. The molecule has 1 fully saturated rings. The molecule has 0 bridgehead atoms. The van der Waals surface area contributed by atoms with Crippen molar-refractivity contribution in [2.24, 2.45) is 0 Å². The Bertz CT molecular complexity index is 1330. The molecule has 8 nitrogen and oxygen atoms in total. The normalized spacial score (nSPS) is 14.6. The molecule has 0 saturated carbocycles. The highest BCUT2D eigenvalue weighted by Crippen LogP contribution is 2.30. The molecule has 1 aliphatic rings. The lowest BCUT2D eigenvalue weighted by molar-refractivity contribution is -0.122. The van der Waals surface area contributed by atoms with Crippen molar-refractivity contribution >= 4 is 29.6 Å². The number of barbiturate groups is 1. The van der Waals surface area contributed by atoms with E-state index in [2.05, 4.69) is 5.32 Å². The summed E-state index contributed by atoms with van der Waals surface area (Å²) in [5.74, 6) is 0.202. The summed E-state index contributed by atoms with van der Waals surface area (Å²) < 4.78 is 16.9. The van der Waals surface area contributed by atoms with Crippen molar-refractivity contribution in [1.82, 2.24) is 5.32 Å². The second kappa shape index (κ2) is 10.8. The van der Waals surface area contributed by atoms with Gasteiger partial charge in [-0.15, -0.1) is 0 Å². The van der Waals surface area contributed by atoms with Crippen molar-refractivity contribution in [3.05, 3.63) is 89.0 Å². The van der Waals surface area contributed by atoms with E-state index in [1.165, 1.54) is 13.2 Å². The SMILES string of the molecule is COc1cc(/C=C2/C(=O)NC(=O)N(c3cccc(C)c3)C2=O)ccc1OCCOc1ccc(C)cc1. The number of carbonyl (C=O) groups excluding carboxylic acids is 3. The van der Waals surface area contributed by atoms with Crippen LogP contribution in [-0.2, 0) is 9.59 Å². The molecule has 1 N–H and O–H groups in total. The third-order valence-corrected chi connectivity index (χ3v) is 5.49. The lowest BCUT2D eigenvalue weighted by atomic mass is 10.1. The molecule has 0 atom stereocenters. The van der Waals surface area contributed by atoms with Crippen molar-refractivity contribution in [3.8, 4) is 17.2 Å². The van der Waals surface area contributed by atoms with Crippen molar-refractivity contribution in [1.29, 1.82) is 0 Å². The summed E-state index contributed by atoms with van der Waals surface area (Å²) in [6.45, 7) is 4.49. The third-order valence-electron chi connectivity index (χ3n) is 5.49. The number of hydrogen-bond acceptors (Lipinski definition) is 6. The molecular weight excluding hydrogens is 460 g/mol. The summed E-state index contributed by atoms with van der Waals surface area (Å²) in [6.07, 6.45) is 1.42. The topological polar surface area (TPSA) is 94.2 Å². The van der Waals surface area contributed by atoms with E-state index >= 15 is 0 Å². The summed E-state index contributed by atoms with van der Waals surface area (Å²) in [5, 5.41) is 2.23. The summed E-state index contributed by atoms with van der Waals surface area (Å²) >= 11 is 0. The quantitative estimate of drug-likeness (QED) is 0.288. The Hall–Kier alpha value is -4.59. The zero-order valence-electron chi connectivity index (χ0n) is 20.2. The Labute approximate surface area is 209 Å². The molecule has 0 aliphatic carbocycles. The van der Waals surface area contributed by atoms with Gasteiger partial charge in [0.15, 0.2) is 11.5 Å². The fourth-order valence-corrected chi connectivity index (χ4v) is 3.66. The summed E-state index contributed by atoms with van der Waals surface area (Å²) in [5.41, 5.74) is 2.77. The van der Waals surface area contributed by atoms with Crippen molar-refractivity contribution in [2.45, 2.75) is 13.8 Å². The number of methoxy groups -OCH3 is 1. The largest absolute Gasteiger partial charge is 0.493 e. The highest BCUT2D eigenvalue weighted by Gasteiger charge is 2.36. The fraction of sp³-hybridized carbons (Fsp3) is 0.179. The molecule has 0 unspecified atom stereocenters. The number of nitrogens with zero attached hydrogens (tertiary/aromatic N) is 1. The van der Waals surface area contributed by atoms with Crippen molar-refractivity contribution in [2.75, 3.05) is 25.2 Å². The van der Waals surface area contributed by atoms with Gasteiger partial charge in [-0.2, -0.15) is 0 Å². The Morgan fingerprint density at radius 2 is 1.58 bits per heavy atom. The number of nitrogens with one attached hydrogen (secondary N) is 1. The number of amides is 4. The van der Waals surface area contributed by atoms with Gasteiger partial charge in [-0.25, -0.2) is 9.69 Å². The molecule has 8 heteroatoms. The van der Waals surface area contributed by atoms with E-state index in [0.29, 0.717) is 36.0 Å². The minimum Gasteiger partial charge on any atom is -0.493 e. The predicted molar refractivity (Wildman–Crippen MR) is 135 cm³/mol. The van der Waals surface area contributed by atoms with E-state index in [1.807, 2.05) is 44.2 Å². The Balaban J connectivity index is 1.48. The summed E-state index contributed by atoms with van der Waals surface area (Å²) in [7, 11) is 1.50. The standard InChI is InChI=1S/C28H26N2O6/c1-18-7-10-22(11-8-18)35-13-14-36-24-12-9-20(17-25(24)34-3)16-23-26(31)29-28(33)30(27(23)32)21-6-4-5-19(2)15-21/h4-12,15-17H,13-14H2,1-3H3,(H,29,31,33)/b23-16-. The van der Waals surface area contributed by atoms with Crippen LogP contribution in [0.4, 0.5) is 10.5 Å². The molecule has 1 heterocycles. The van der Waals surface area contributed by atoms with Gasteiger partial charge >= 0.3 is 6.03 Å². The average molecular weight is 487 g/mol. The lowest BCUT2D eigenvalue weighted by Gasteiger charge is -2.26. The molecule has 184 valence electrons. The Morgan fingerprint density at radius 3 is 2.31 bits per heavy atom. The van der Waals surface area contributed by atoms with Crippen LogP contribution in [0.3, 0.4) is 0 Å². The Kier molecular flexibility index (Phi) is 7.34. The molecule has 1 aliphatic heterocycles. The molecule has 3 aromatic rings. The number of hydrogen-bond donors (Lipinski definition) is 1. The number of carbonyl (C=O) groups is 3. The summed E-state index contributed by atoms with van der Waals surface area (Å²) in [6, 6.07) is 18.9. The molecule has 1 saturated heterocycles. The first-order valence-electron chi connectivity index (χ1n) is 11.3. The van der Waals surface area contributed by atoms with Gasteiger partial charge in [0.25, 0.3) is 11.8 Å². The lowest BCUT2D eigenvalue weighted by Crippen LogP contribution is -2.54. The minimum absolute atomic E-state index is 0.168. The van der Waals surface area contributed by atoms with Gasteiger partial charge in [0, 0.05) is 0 Å². The van der Waals surface area contributed by atoms with E-state index in [0.717, 1.165) is 21.8 Å². The molecule has 4 rings (SSSR count). The van der Waals surface area contributed by atoms with E-state index in [4.69, 9.17) is 14.2 Å². The molecule has 3 aromatic carbocycles. The third kappa shape index (κ3) is 5.55. The van der Waals surface area contributed by atoms with Crippen LogP contribution in [0.1, 0.15) is 16.7 Å². The van der Waals surface area contributed by atoms with Crippen LogP contribution in [0.15, 0.2) is 72.3 Å². The fourth-order valence-electron chi connectivity index (χ4n) is 3.66. The number of anilines is 1. The highest BCUT2D eigenvalue weighted by molar-refractivity contribution is 6.39. The van der Waals surface area contributed by atoms with E-state index in [9.17, 15) is 14.4 Å². The van der Waals surface area contributed by atoms with Gasteiger partial charge < -0.3 is 14.2 Å². The molecular formula is C28H26N2O6. The molecule has 36 heavy (non-hydrogen) atoms. The van der Waals surface area contributed by atoms with Crippen molar-refractivity contribution in [3.63, 3.8) is 0 Å². The zero-order valence-corrected chi connectivity index (χ0v) is 20.2. The minimum atomic E-state index is -0.790. The van der Waals surface area contributed by atoms with Crippen LogP contribution in [0.25, 0.3) is 6.08 Å². The van der Waals surface area contributed by atoms with Crippen LogP contribution in [0.5, 0.6) is 17.2 Å². The highest BCUT2D eigenvalue weighted by atomic mass is 16.5. The monoisotopic (exact) mass is 486 g/mol. The van der Waals surface area contributed by atoms with Gasteiger partial charge in [0.05, 0.1) is 12.8 Å². The van der Waals surface area contributed by atoms with Gasteiger partial charge in [-0.05, 0) is 67.4 Å². The zero-order chi connectivity index (χ0) is 25.7. The number of aryl methyl sites for hydroxylation is 2. The van der Waals surface area contributed by atoms with Gasteiger partial charge in [0.2, 0.25) is 0 Å². The predicted octanol–water partition coefficient (Wildman–Crippen LogP) is 4.44. The maximum absolute atomic E-state index is 13.1. The average Bonchev–Trinajstić information content (AvgIpc) is 2.86. The van der Waals surface area contributed by atoms with Gasteiger partial charge in [0.1, 0.15) is 24.5 Å². The number of imide groups is 2. The number of benzene rings is 3. The van der Waals surface area contributed by atoms with Gasteiger partial charge in [-0.1, -0.05) is 35.9 Å². The van der Waals surface area contributed by atoms with E-state index < -0.39 is 17.8 Å². The van der Waals surface area contributed by atoms with Crippen LogP contribution in [0.2, 0.25) is 0 Å². The molecule has 0 spiro atoms. The first-order valence-corrected chi connectivity index (χ1v) is 11.3. The first kappa shape index (κ1) is 24.5. The van der Waals surface area contributed by atoms with Crippen LogP contribution >= 0.6 is 0 Å². The smallest absolute Gasteiger partial charge is 0.335 e. The van der Waals surface area contributed by atoms with Crippen molar-refractivity contribution < 1.29 is 28.6 Å².